The highest BCUT2D eigenvalue weighted by atomic mass is 16.5. The topological polar surface area (TPSA) is 44.5 Å². The van der Waals surface area contributed by atoms with Crippen molar-refractivity contribution in [2.45, 2.75) is 26.9 Å². The standard InChI is InChI=1S/C17H21NO2/c1-3-11-19-16-9-4-5-10-17(16)20-12-14-7-6-8-15(18)13(14)2/h4-10H,3,11-12,18H2,1-2H3. The van der Waals surface area contributed by atoms with Gasteiger partial charge < -0.3 is 15.2 Å². The first-order valence-corrected chi connectivity index (χ1v) is 6.91. The van der Waals surface area contributed by atoms with E-state index in [1.54, 1.807) is 0 Å². The number of anilines is 1. The fourth-order valence-electron chi connectivity index (χ4n) is 1.92. The number of nitrogen functional groups attached to an aromatic ring is 1. The lowest BCUT2D eigenvalue weighted by Crippen LogP contribution is -2.03. The van der Waals surface area contributed by atoms with Crippen molar-refractivity contribution in [2.75, 3.05) is 12.3 Å². The van der Waals surface area contributed by atoms with Crippen LogP contribution < -0.4 is 15.2 Å². The van der Waals surface area contributed by atoms with Crippen LogP contribution in [0.1, 0.15) is 24.5 Å². The van der Waals surface area contributed by atoms with E-state index in [4.69, 9.17) is 15.2 Å². The molecule has 0 bridgehead atoms. The molecule has 2 rings (SSSR count). The quantitative estimate of drug-likeness (QED) is 0.809. The Morgan fingerprint density at radius 1 is 0.950 bits per heavy atom. The average molecular weight is 271 g/mol. The fraction of sp³-hybridized carbons (Fsp3) is 0.294. The predicted octanol–water partition coefficient (Wildman–Crippen LogP) is 3.95. The number of benzene rings is 2. The van der Waals surface area contributed by atoms with E-state index in [9.17, 15) is 0 Å². The SMILES string of the molecule is CCCOc1ccccc1OCc1cccc(N)c1C. The van der Waals surface area contributed by atoms with Gasteiger partial charge in [-0.3, -0.25) is 0 Å². The summed E-state index contributed by atoms with van der Waals surface area (Å²) in [5.74, 6) is 1.55. The number of ether oxygens (including phenoxy) is 2. The van der Waals surface area contributed by atoms with E-state index in [0.717, 1.165) is 34.7 Å². The minimum Gasteiger partial charge on any atom is -0.490 e. The van der Waals surface area contributed by atoms with Crippen molar-refractivity contribution in [1.29, 1.82) is 0 Å². The summed E-state index contributed by atoms with van der Waals surface area (Å²) in [6.07, 6.45) is 0.975. The number of rotatable bonds is 6. The summed E-state index contributed by atoms with van der Waals surface area (Å²) in [6, 6.07) is 13.6. The zero-order valence-corrected chi connectivity index (χ0v) is 12.1. The Morgan fingerprint density at radius 2 is 1.65 bits per heavy atom. The van der Waals surface area contributed by atoms with Gasteiger partial charge in [0.25, 0.3) is 0 Å². The third-order valence-electron chi connectivity index (χ3n) is 3.18. The molecular formula is C17H21NO2. The second kappa shape index (κ2) is 6.85. The molecule has 2 aromatic rings. The first kappa shape index (κ1) is 14.3. The third kappa shape index (κ3) is 3.44. The van der Waals surface area contributed by atoms with E-state index in [-0.39, 0.29) is 0 Å². The summed E-state index contributed by atoms with van der Waals surface area (Å²) < 4.78 is 11.6. The Hall–Kier alpha value is -2.16. The van der Waals surface area contributed by atoms with Crippen molar-refractivity contribution in [3.63, 3.8) is 0 Å². The molecule has 20 heavy (non-hydrogen) atoms. The van der Waals surface area contributed by atoms with Crippen LogP contribution >= 0.6 is 0 Å². The van der Waals surface area contributed by atoms with Crippen molar-refractivity contribution in [3.05, 3.63) is 53.6 Å². The lowest BCUT2D eigenvalue weighted by atomic mass is 10.1. The maximum Gasteiger partial charge on any atom is 0.161 e. The predicted molar refractivity (Wildman–Crippen MR) is 82.2 cm³/mol. The van der Waals surface area contributed by atoms with Crippen LogP contribution in [0.25, 0.3) is 0 Å². The molecule has 0 aliphatic carbocycles. The van der Waals surface area contributed by atoms with Gasteiger partial charge in [-0.15, -0.1) is 0 Å². The molecule has 3 nitrogen and oxygen atoms in total. The molecule has 3 heteroatoms. The van der Waals surface area contributed by atoms with Gasteiger partial charge in [-0.2, -0.15) is 0 Å². The molecule has 0 saturated heterocycles. The first-order chi connectivity index (χ1) is 9.72. The molecule has 0 amide bonds. The highest BCUT2D eigenvalue weighted by molar-refractivity contribution is 5.50. The van der Waals surface area contributed by atoms with E-state index >= 15 is 0 Å². The molecular weight excluding hydrogens is 250 g/mol. The van der Waals surface area contributed by atoms with Crippen molar-refractivity contribution in [1.82, 2.24) is 0 Å². The summed E-state index contributed by atoms with van der Waals surface area (Å²) in [6.45, 7) is 5.27. The lowest BCUT2D eigenvalue weighted by Gasteiger charge is -2.13. The van der Waals surface area contributed by atoms with Gasteiger partial charge in [-0.25, -0.2) is 0 Å². The second-order valence-corrected chi connectivity index (χ2v) is 4.72. The van der Waals surface area contributed by atoms with E-state index in [2.05, 4.69) is 6.92 Å². The third-order valence-corrected chi connectivity index (χ3v) is 3.18. The van der Waals surface area contributed by atoms with Crippen molar-refractivity contribution < 1.29 is 9.47 Å². The van der Waals surface area contributed by atoms with Gasteiger partial charge in [0.1, 0.15) is 6.61 Å². The fourth-order valence-corrected chi connectivity index (χ4v) is 1.92. The summed E-state index contributed by atoms with van der Waals surface area (Å²) in [7, 11) is 0. The number of nitrogens with two attached hydrogens (primary N) is 1. The van der Waals surface area contributed by atoms with Gasteiger partial charge in [0.05, 0.1) is 6.61 Å². The summed E-state index contributed by atoms with van der Waals surface area (Å²) in [5, 5.41) is 0. The number of hydrogen-bond acceptors (Lipinski definition) is 3. The van der Waals surface area contributed by atoms with Gasteiger partial charge in [0.2, 0.25) is 0 Å². The molecule has 0 radical (unpaired) electrons. The minimum atomic E-state index is 0.489. The van der Waals surface area contributed by atoms with Gasteiger partial charge in [-0.1, -0.05) is 31.2 Å². The maximum absolute atomic E-state index is 5.90. The van der Waals surface area contributed by atoms with E-state index in [0.29, 0.717) is 13.2 Å². The summed E-state index contributed by atoms with van der Waals surface area (Å²) >= 11 is 0. The van der Waals surface area contributed by atoms with Crippen LogP contribution in [0.5, 0.6) is 11.5 Å². The molecule has 2 aromatic carbocycles. The van der Waals surface area contributed by atoms with Crippen LogP contribution in [0.2, 0.25) is 0 Å². The zero-order chi connectivity index (χ0) is 14.4. The smallest absolute Gasteiger partial charge is 0.161 e. The molecule has 0 saturated carbocycles. The van der Waals surface area contributed by atoms with E-state index < -0.39 is 0 Å². The largest absolute Gasteiger partial charge is 0.490 e. The van der Waals surface area contributed by atoms with Crippen LogP contribution in [0, 0.1) is 6.92 Å². The Morgan fingerprint density at radius 3 is 2.35 bits per heavy atom. The molecule has 0 fully saturated rings. The van der Waals surface area contributed by atoms with Crippen LogP contribution in [0.15, 0.2) is 42.5 Å². The number of para-hydroxylation sites is 2. The average Bonchev–Trinajstić information content (AvgIpc) is 2.47. The molecule has 0 aliphatic heterocycles. The maximum atomic E-state index is 5.90. The Labute approximate surface area is 120 Å². The summed E-state index contributed by atoms with van der Waals surface area (Å²) in [5.41, 5.74) is 8.86. The van der Waals surface area contributed by atoms with Gasteiger partial charge in [0.15, 0.2) is 11.5 Å². The van der Waals surface area contributed by atoms with E-state index in [1.165, 1.54) is 0 Å². The van der Waals surface area contributed by atoms with E-state index in [1.807, 2.05) is 49.4 Å². The second-order valence-electron chi connectivity index (χ2n) is 4.72. The van der Waals surface area contributed by atoms with Crippen LogP contribution in [-0.2, 0) is 6.61 Å². The number of hydrogen-bond donors (Lipinski definition) is 1. The molecule has 0 heterocycles. The highest BCUT2D eigenvalue weighted by Gasteiger charge is 2.06. The first-order valence-electron chi connectivity index (χ1n) is 6.91. The van der Waals surface area contributed by atoms with Gasteiger partial charge >= 0.3 is 0 Å². The molecule has 0 aromatic heterocycles. The van der Waals surface area contributed by atoms with Crippen molar-refractivity contribution in [3.8, 4) is 11.5 Å². The van der Waals surface area contributed by atoms with Crippen LogP contribution in [0.4, 0.5) is 5.69 Å². The van der Waals surface area contributed by atoms with Crippen molar-refractivity contribution >= 4 is 5.69 Å². The van der Waals surface area contributed by atoms with Crippen molar-refractivity contribution in [2.24, 2.45) is 0 Å². The lowest BCUT2D eigenvalue weighted by molar-refractivity contribution is 0.261. The Kier molecular flexibility index (Phi) is 4.88. The summed E-state index contributed by atoms with van der Waals surface area (Å²) in [4.78, 5) is 0. The molecule has 2 N–H and O–H groups in total. The monoisotopic (exact) mass is 271 g/mol. The van der Waals surface area contributed by atoms with Crippen LogP contribution in [-0.4, -0.2) is 6.61 Å². The zero-order valence-electron chi connectivity index (χ0n) is 12.1. The van der Waals surface area contributed by atoms with Gasteiger partial charge in [0, 0.05) is 5.69 Å². The Bertz CT molecular complexity index is 567. The molecule has 0 unspecified atom stereocenters. The molecule has 106 valence electrons. The normalized spacial score (nSPS) is 10.3. The highest BCUT2D eigenvalue weighted by Crippen LogP contribution is 2.28. The molecule has 0 atom stereocenters. The van der Waals surface area contributed by atoms with Crippen LogP contribution in [0.3, 0.4) is 0 Å². The molecule has 0 spiro atoms. The van der Waals surface area contributed by atoms with Gasteiger partial charge in [-0.05, 0) is 42.7 Å². The molecule has 0 aliphatic rings. The Balaban J connectivity index is 2.09. The minimum absolute atomic E-state index is 0.489.